The molecule has 0 N–H and O–H groups in total. The van der Waals surface area contributed by atoms with Crippen molar-refractivity contribution < 1.29 is 35.2 Å². The molecule has 5 aromatic heterocycles. The zero-order valence-electron chi connectivity index (χ0n) is 68.7. The monoisotopic (exact) mass is 1220 g/mol. The summed E-state index contributed by atoms with van der Waals surface area (Å²) in [6.07, 6.45) is 9.79. The van der Waals surface area contributed by atoms with Crippen molar-refractivity contribution in [2.24, 2.45) is 46.1 Å². The SMILES string of the molecule is Cc1cc(-c2ccc(C)c(C)c2C)[n+](C)cc1C.Cc1ccccc1-c1ccc(CC(C)(C)C)c[n+]1C.[2H]C(C)(C)c1ccc(-c2ccccc2C)[n+](C)c1.[2H]C([2H])([2H])c1c[n+](C)c(-c2ccc(C([2H])([2H])[2H])c(C)c2C)cc1C.[2H]C([2H])(c1ccc(-c2ccccc2C)[n+](C)c1)C(C)(C)C. The number of rotatable bonds is 8. The number of aromatic nitrogens is 5. The van der Waals surface area contributed by atoms with E-state index in [1.54, 1.807) is 36.9 Å². The number of benzene rings is 5. The van der Waals surface area contributed by atoms with Gasteiger partial charge in [0.1, 0.15) is 35.2 Å². The normalized spacial score (nSPS) is 13.2. The van der Waals surface area contributed by atoms with Gasteiger partial charge in [-0.15, -0.1) is 0 Å². The van der Waals surface area contributed by atoms with E-state index < -0.39 is 31.4 Å². The standard InChI is InChI=1S/2C18H24N.2C17H22N.C16H20N/c2*1-14-8-6-7-9-16(14)17-11-10-15(13-19(17)5)12-18(2,3)4;2*1-11-7-8-16(15(5)14(11)4)17-9-12(2)13(3)10-18(17)6;1-12(2)14-9-10-16(17(4)11-14)15-8-6-5-7-13(15)3/h2*6-11,13H,12H2,1-5H3;2*7-10H,1-6H3;5-12H,1-4H3/q5*+1/i12D2;;1D3,3D3;;12D. The fourth-order valence-electron chi connectivity index (χ4n) is 11.3. The first kappa shape index (κ1) is 59.2. The Hall–Kier alpha value is -8.15. The molecule has 0 aliphatic carbocycles. The van der Waals surface area contributed by atoms with E-state index in [0.29, 0.717) is 22.1 Å². The zero-order valence-corrected chi connectivity index (χ0v) is 59.7. The lowest BCUT2D eigenvalue weighted by molar-refractivity contribution is -0.661. The molecule has 5 nitrogen and oxygen atoms in total. The van der Waals surface area contributed by atoms with Crippen LogP contribution in [0.2, 0.25) is 0 Å². The van der Waals surface area contributed by atoms with E-state index in [1.807, 2.05) is 104 Å². The summed E-state index contributed by atoms with van der Waals surface area (Å²) in [4.78, 5) is 0. The Morgan fingerprint density at radius 2 is 0.714 bits per heavy atom. The summed E-state index contributed by atoms with van der Waals surface area (Å²) in [6, 6.07) is 49.8. The van der Waals surface area contributed by atoms with Crippen LogP contribution in [0.15, 0.2) is 177 Å². The minimum absolute atomic E-state index is 0.322. The molecule has 5 heterocycles. The first-order valence-corrected chi connectivity index (χ1v) is 32.0. The molecule has 10 rings (SSSR count). The number of hydrogen-bond acceptors (Lipinski definition) is 0. The van der Waals surface area contributed by atoms with Gasteiger partial charge in [0, 0.05) is 98.3 Å². The molecule has 10 aromatic rings. The van der Waals surface area contributed by atoms with Crippen molar-refractivity contribution in [1.82, 2.24) is 0 Å². The highest BCUT2D eigenvalue weighted by atomic mass is 14.9. The molecule has 0 fully saturated rings. The molecule has 476 valence electrons. The summed E-state index contributed by atoms with van der Waals surface area (Å²) >= 11 is 0. The molecule has 0 bridgehead atoms. The second-order valence-corrected chi connectivity index (χ2v) is 27.5. The van der Waals surface area contributed by atoms with Crippen molar-refractivity contribution in [3.8, 4) is 56.3 Å². The van der Waals surface area contributed by atoms with Crippen LogP contribution < -0.4 is 22.8 Å². The first-order valence-electron chi connectivity index (χ1n) is 36.5. The third-order valence-corrected chi connectivity index (χ3v) is 17.2. The summed E-state index contributed by atoms with van der Waals surface area (Å²) < 4.78 is 80.9. The van der Waals surface area contributed by atoms with Crippen LogP contribution in [0.4, 0.5) is 0 Å². The molecule has 91 heavy (non-hydrogen) atoms. The van der Waals surface area contributed by atoms with E-state index in [1.165, 1.54) is 89.4 Å². The van der Waals surface area contributed by atoms with Crippen molar-refractivity contribution >= 4 is 0 Å². The zero-order chi connectivity index (χ0) is 75.1. The number of aryl methyl sites for hydroxylation is 14. The van der Waals surface area contributed by atoms with Crippen molar-refractivity contribution in [2.75, 3.05) is 0 Å². The van der Waals surface area contributed by atoms with Gasteiger partial charge in [0.15, 0.2) is 31.0 Å². The fraction of sp³-hybridized carbons (Fsp3) is 0.360. The van der Waals surface area contributed by atoms with Crippen LogP contribution in [-0.4, -0.2) is 0 Å². The summed E-state index contributed by atoms with van der Waals surface area (Å²) in [6.45, 7) is 35.0. The molecule has 0 spiro atoms. The van der Waals surface area contributed by atoms with E-state index in [0.717, 1.165) is 45.6 Å². The summed E-state index contributed by atoms with van der Waals surface area (Å²) in [5, 5.41) is 0. The summed E-state index contributed by atoms with van der Waals surface area (Å²) in [7, 11) is 10.1. The van der Waals surface area contributed by atoms with Crippen molar-refractivity contribution in [2.45, 2.75) is 164 Å². The molecule has 0 aliphatic rings. The van der Waals surface area contributed by atoms with E-state index in [-0.39, 0.29) is 0 Å². The molecule has 5 heteroatoms. The quantitative estimate of drug-likeness (QED) is 0.135. The van der Waals surface area contributed by atoms with Crippen LogP contribution in [0, 0.1) is 101 Å². The Morgan fingerprint density at radius 1 is 0.341 bits per heavy atom. The topological polar surface area (TPSA) is 19.4 Å². The van der Waals surface area contributed by atoms with Crippen LogP contribution in [-0.2, 0) is 48.0 Å². The predicted octanol–water partition coefficient (Wildman–Crippen LogP) is 19.2. The maximum absolute atomic E-state index is 8.39. The number of hydrogen-bond donors (Lipinski definition) is 0. The van der Waals surface area contributed by atoms with Crippen molar-refractivity contribution in [3.63, 3.8) is 0 Å². The van der Waals surface area contributed by atoms with Crippen LogP contribution in [0.1, 0.15) is 163 Å². The average molecular weight is 1220 g/mol. The molecule has 0 atom stereocenters. The Bertz CT molecular complexity index is 4520. The Kier molecular flexibility index (Phi) is 20.3. The van der Waals surface area contributed by atoms with Gasteiger partial charge in [-0.3, -0.25) is 0 Å². The molecular weight excluding hydrogens is 1100 g/mol. The third kappa shape index (κ3) is 19.4. The van der Waals surface area contributed by atoms with Crippen LogP contribution in [0.5, 0.6) is 0 Å². The fourth-order valence-corrected chi connectivity index (χ4v) is 11.3. The van der Waals surface area contributed by atoms with E-state index in [9.17, 15) is 0 Å². The van der Waals surface area contributed by atoms with Gasteiger partial charge in [0.25, 0.3) is 0 Å². The molecule has 0 amide bonds. The maximum atomic E-state index is 8.39. The largest absolute Gasteiger partial charge is 0.212 e. The molecule has 0 radical (unpaired) electrons. The average Bonchev–Trinajstić information content (AvgIpc) is 0.783. The predicted molar refractivity (Wildman–Crippen MR) is 387 cm³/mol. The van der Waals surface area contributed by atoms with E-state index in [2.05, 4.69) is 226 Å². The Morgan fingerprint density at radius 3 is 1.12 bits per heavy atom. The highest BCUT2D eigenvalue weighted by molar-refractivity contribution is 5.67. The van der Waals surface area contributed by atoms with Crippen molar-refractivity contribution in [1.29, 1.82) is 0 Å². The van der Waals surface area contributed by atoms with Gasteiger partial charge in [-0.1, -0.05) is 122 Å². The minimum atomic E-state index is -2.16. The second-order valence-electron chi connectivity index (χ2n) is 27.5. The lowest BCUT2D eigenvalue weighted by atomic mass is 9.88. The molecule has 0 saturated heterocycles. The molecule has 0 aliphatic heterocycles. The van der Waals surface area contributed by atoms with Gasteiger partial charge in [0.2, 0.25) is 28.5 Å². The molecule has 5 aromatic carbocycles. The minimum Gasteiger partial charge on any atom is -0.201 e. The molecule has 0 unspecified atom stereocenters. The van der Waals surface area contributed by atoms with Crippen LogP contribution in [0.3, 0.4) is 0 Å². The maximum Gasteiger partial charge on any atom is 0.212 e. The van der Waals surface area contributed by atoms with Crippen LogP contribution >= 0.6 is 0 Å². The molecular formula is C86H112N5+5. The lowest BCUT2D eigenvalue weighted by Gasteiger charge is -2.17. The number of nitrogens with zero attached hydrogens (tertiary/aromatic N) is 5. The second kappa shape index (κ2) is 31.2. The smallest absolute Gasteiger partial charge is 0.201 e. The van der Waals surface area contributed by atoms with Gasteiger partial charge in [0.05, 0.1) is 0 Å². The number of pyridine rings is 5. The van der Waals surface area contributed by atoms with Crippen LogP contribution in [0.25, 0.3) is 56.3 Å². The van der Waals surface area contributed by atoms with Crippen molar-refractivity contribution in [3.05, 3.63) is 266 Å². The first-order chi connectivity index (χ1) is 46.2. The van der Waals surface area contributed by atoms with Gasteiger partial charge in [-0.2, -0.15) is 0 Å². The summed E-state index contributed by atoms with van der Waals surface area (Å²) in [5.74, 6) is -0.554. The van der Waals surface area contributed by atoms with E-state index >= 15 is 0 Å². The summed E-state index contributed by atoms with van der Waals surface area (Å²) in [5.41, 5.74) is 28.4. The Labute approximate surface area is 564 Å². The van der Waals surface area contributed by atoms with Gasteiger partial charge in [-0.25, -0.2) is 22.8 Å². The highest BCUT2D eigenvalue weighted by Crippen LogP contribution is 2.30. The highest BCUT2D eigenvalue weighted by Gasteiger charge is 2.21. The van der Waals surface area contributed by atoms with Gasteiger partial charge >= 0.3 is 0 Å². The van der Waals surface area contributed by atoms with E-state index in [4.69, 9.17) is 12.3 Å². The lowest BCUT2D eigenvalue weighted by Crippen LogP contribution is -2.32. The van der Waals surface area contributed by atoms with Gasteiger partial charge < -0.3 is 0 Å². The third-order valence-electron chi connectivity index (χ3n) is 17.2. The Balaban J connectivity index is 0.000000198. The molecule has 0 saturated carbocycles. The van der Waals surface area contributed by atoms with Gasteiger partial charge in [-0.05, 0) is 229 Å².